The van der Waals surface area contributed by atoms with E-state index in [1.807, 2.05) is 28.8 Å². The zero-order valence-corrected chi connectivity index (χ0v) is 14.3. The third kappa shape index (κ3) is 3.37. The summed E-state index contributed by atoms with van der Waals surface area (Å²) in [6.07, 6.45) is 3.68. The number of hydrogen-bond acceptors (Lipinski definition) is 4. The van der Waals surface area contributed by atoms with Gasteiger partial charge >= 0.3 is 0 Å². The smallest absolute Gasteiger partial charge is 0.231 e. The fourth-order valence-electron chi connectivity index (χ4n) is 3.40. The van der Waals surface area contributed by atoms with Crippen LogP contribution in [-0.2, 0) is 11.3 Å². The van der Waals surface area contributed by atoms with Crippen molar-refractivity contribution in [3.05, 3.63) is 60.0 Å². The van der Waals surface area contributed by atoms with E-state index >= 15 is 0 Å². The van der Waals surface area contributed by atoms with E-state index in [0.717, 1.165) is 36.5 Å². The van der Waals surface area contributed by atoms with Crippen LogP contribution in [0.15, 0.2) is 48.7 Å². The van der Waals surface area contributed by atoms with Crippen LogP contribution in [0.2, 0.25) is 0 Å². The molecule has 0 aliphatic carbocycles. The van der Waals surface area contributed by atoms with E-state index in [9.17, 15) is 9.18 Å². The lowest BCUT2D eigenvalue weighted by molar-refractivity contribution is -0.125. The van der Waals surface area contributed by atoms with Crippen LogP contribution in [-0.4, -0.2) is 33.6 Å². The molecule has 0 radical (unpaired) electrons. The van der Waals surface area contributed by atoms with Crippen LogP contribution in [0.5, 0.6) is 0 Å². The number of nitrogens with one attached hydrogen (secondary N) is 1. The normalized spacial score (nSPS) is 17.4. The van der Waals surface area contributed by atoms with Gasteiger partial charge in [-0.2, -0.15) is 0 Å². The van der Waals surface area contributed by atoms with Crippen molar-refractivity contribution in [1.29, 1.82) is 0 Å². The highest BCUT2D eigenvalue weighted by atomic mass is 19.1. The highest BCUT2D eigenvalue weighted by molar-refractivity contribution is 5.79. The van der Waals surface area contributed by atoms with Gasteiger partial charge in [0.05, 0.1) is 5.92 Å². The number of benzene rings is 1. The lowest BCUT2D eigenvalue weighted by atomic mass is 9.97. The van der Waals surface area contributed by atoms with Crippen molar-refractivity contribution >= 4 is 17.5 Å². The lowest BCUT2D eigenvalue weighted by Gasteiger charge is -2.32. The second kappa shape index (κ2) is 7.11. The van der Waals surface area contributed by atoms with Crippen molar-refractivity contribution in [3.8, 4) is 0 Å². The number of hydrogen-bond donors (Lipinski definition) is 1. The molecule has 0 bridgehead atoms. The summed E-state index contributed by atoms with van der Waals surface area (Å²) in [5.41, 5.74) is 1.55. The molecular weight excluding hydrogens is 333 g/mol. The highest BCUT2D eigenvalue weighted by Gasteiger charge is 2.27. The minimum absolute atomic E-state index is 0.00668. The zero-order chi connectivity index (χ0) is 17.9. The van der Waals surface area contributed by atoms with Gasteiger partial charge in [0.2, 0.25) is 11.9 Å². The molecule has 6 nitrogen and oxygen atoms in total. The van der Waals surface area contributed by atoms with E-state index in [-0.39, 0.29) is 17.6 Å². The predicted octanol–water partition coefficient (Wildman–Crippen LogP) is 2.40. The summed E-state index contributed by atoms with van der Waals surface area (Å²) in [7, 11) is 0. The van der Waals surface area contributed by atoms with E-state index in [1.165, 1.54) is 12.1 Å². The number of amides is 1. The summed E-state index contributed by atoms with van der Waals surface area (Å²) < 4.78 is 15.2. The molecule has 2 aromatic heterocycles. The fraction of sp³-hybridized carbons (Fsp3) is 0.316. The van der Waals surface area contributed by atoms with Crippen LogP contribution in [0.4, 0.5) is 10.3 Å². The van der Waals surface area contributed by atoms with E-state index in [0.29, 0.717) is 13.1 Å². The van der Waals surface area contributed by atoms with Gasteiger partial charge in [0.1, 0.15) is 5.82 Å². The van der Waals surface area contributed by atoms with Gasteiger partial charge in [-0.3, -0.25) is 9.20 Å². The van der Waals surface area contributed by atoms with Crippen molar-refractivity contribution < 1.29 is 9.18 Å². The average molecular weight is 353 g/mol. The van der Waals surface area contributed by atoms with Crippen molar-refractivity contribution in [2.75, 3.05) is 18.0 Å². The molecular formula is C19H20FN5O. The number of carbonyl (C=O) groups is 1. The van der Waals surface area contributed by atoms with Crippen LogP contribution in [0, 0.1) is 11.7 Å². The minimum Gasteiger partial charge on any atom is -0.352 e. The lowest BCUT2D eigenvalue weighted by Crippen LogP contribution is -2.43. The topological polar surface area (TPSA) is 62.5 Å². The van der Waals surface area contributed by atoms with Crippen LogP contribution in [0.3, 0.4) is 0 Å². The molecule has 1 unspecified atom stereocenters. The quantitative estimate of drug-likeness (QED) is 0.782. The van der Waals surface area contributed by atoms with Crippen molar-refractivity contribution in [2.24, 2.45) is 5.92 Å². The van der Waals surface area contributed by atoms with Gasteiger partial charge in [0.15, 0.2) is 5.65 Å². The van der Waals surface area contributed by atoms with Crippen LogP contribution < -0.4 is 10.2 Å². The Morgan fingerprint density at radius 2 is 2.15 bits per heavy atom. The summed E-state index contributed by atoms with van der Waals surface area (Å²) in [4.78, 5) is 14.7. The Bertz CT molecular complexity index is 925. The molecule has 1 atom stereocenters. The van der Waals surface area contributed by atoms with E-state index < -0.39 is 0 Å². The first-order chi connectivity index (χ1) is 12.7. The molecule has 0 spiro atoms. The van der Waals surface area contributed by atoms with E-state index in [1.54, 1.807) is 12.1 Å². The Labute approximate surface area is 150 Å². The SMILES string of the molecule is O=C(NCc1cccc(F)c1)C1CCCN(c2nnc3ccccn23)C1. The summed E-state index contributed by atoms with van der Waals surface area (Å²) in [6.45, 7) is 1.79. The molecule has 1 amide bonds. The fourth-order valence-corrected chi connectivity index (χ4v) is 3.40. The molecule has 3 aromatic rings. The second-order valence-corrected chi connectivity index (χ2v) is 6.56. The van der Waals surface area contributed by atoms with Crippen LogP contribution in [0.1, 0.15) is 18.4 Å². The standard InChI is InChI=1S/C19H20FN5O/c20-16-7-3-5-14(11-16)12-21-18(26)15-6-4-9-24(13-15)19-23-22-17-8-1-2-10-25(17)19/h1-3,5,7-8,10-11,15H,4,6,9,12-13H2,(H,21,26). The molecule has 1 N–H and O–H groups in total. The Kier molecular flexibility index (Phi) is 4.51. The Morgan fingerprint density at radius 1 is 1.23 bits per heavy atom. The number of aromatic nitrogens is 3. The molecule has 1 aliphatic rings. The molecule has 3 heterocycles. The first-order valence-electron chi connectivity index (χ1n) is 8.77. The van der Waals surface area contributed by atoms with Gasteiger partial charge < -0.3 is 10.2 Å². The maximum absolute atomic E-state index is 13.2. The maximum atomic E-state index is 13.2. The number of nitrogens with zero attached hydrogens (tertiary/aromatic N) is 4. The van der Waals surface area contributed by atoms with Gasteiger partial charge in [0, 0.05) is 25.8 Å². The first kappa shape index (κ1) is 16.5. The van der Waals surface area contributed by atoms with Gasteiger partial charge in [-0.05, 0) is 42.7 Å². The second-order valence-electron chi connectivity index (χ2n) is 6.56. The molecule has 4 rings (SSSR count). The molecule has 0 saturated carbocycles. The van der Waals surface area contributed by atoms with Crippen molar-refractivity contribution in [1.82, 2.24) is 19.9 Å². The number of piperidine rings is 1. The third-order valence-corrected chi connectivity index (χ3v) is 4.73. The number of rotatable bonds is 4. The molecule has 134 valence electrons. The number of anilines is 1. The van der Waals surface area contributed by atoms with Crippen molar-refractivity contribution in [2.45, 2.75) is 19.4 Å². The van der Waals surface area contributed by atoms with E-state index in [2.05, 4.69) is 20.4 Å². The largest absolute Gasteiger partial charge is 0.352 e. The Hall–Kier alpha value is -2.96. The number of fused-ring (bicyclic) bond motifs is 1. The third-order valence-electron chi connectivity index (χ3n) is 4.73. The molecule has 26 heavy (non-hydrogen) atoms. The van der Waals surface area contributed by atoms with Crippen molar-refractivity contribution in [3.63, 3.8) is 0 Å². The van der Waals surface area contributed by atoms with Gasteiger partial charge in [0.25, 0.3) is 0 Å². The summed E-state index contributed by atoms with van der Waals surface area (Å²) in [6, 6.07) is 12.1. The number of pyridine rings is 1. The zero-order valence-electron chi connectivity index (χ0n) is 14.3. The van der Waals surface area contributed by atoms with Gasteiger partial charge in [-0.25, -0.2) is 4.39 Å². The monoisotopic (exact) mass is 353 g/mol. The molecule has 1 saturated heterocycles. The molecule has 1 aliphatic heterocycles. The van der Waals surface area contributed by atoms with Crippen LogP contribution in [0.25, 0.3) is 5.65 Å². The maximum Gasteiger partial charge on any atom is 0.231 e. The van der Waals surface area contributed by atoms with E-state index in [4.69, 9.17) is 0 Å². The molecule has 1 aromatic carbocycles. The minimum atomic E-state index is -0.292. The molecule has 7 heteroatoms. The predicted molar refractivity (Wildman–Crippen MR) is 96.2 cm³/mol. The summed E-state index contributed by atoms with van der Waals surface area (Å²) in [5.74, 6) is 0.351. The Morgan fingerprint density at radius 3 is 3.04 bits per heavy atom. The number of halogens is 1. The van der Waals surface area contributed by atoms with Gasteiger partial charge in [-0.15, -0.1) is 10.2 Å². The molecule has 1 fully saturated rings. The highest BCUT2D eigenvalue weighted by Crippen LogP contribution is 2.22. The van der Waals surface area contributed by atoms with Crippen LogP contribution >= 0.6 is 0 Å². The number of carbonyl (C=O) groups excluding carboxylic acids is 1. The first-order valence-corrected chi connectivity index (χ1v) is 8.77. The summed E-state index contributed by atoms with van der Waals surface area (Å²) >= 11 is 0. The Balaban J connectivity index is 1.42. The average Bonchev–Trinajstić information content (AvgIpc) is 3.10. The van der Waals surface area contributed by atoms with Gasteiger partial charge in [-0.1, -0.05) is 18.2 Å². The summed E-state index contributed by atoms with van der Waals surface area (Å²) in [5, 5.41) is 11.4.